The number of amides is 1. The molecule has 0 radical (unpaired) electrons. The molecular weight excluding hydrogens is 476 g/mol. The van der Waals surface area contributed by atoms with E-state index in [1.807, 2.05) is 18.2 Å². The van der Waals surface area contributed by atoms with E-state index in [-0.39, 0.29) is 11.8 Å². The summed E-state index contributed by atoms with van der Waals surface area (Å²) in [5.41, 5.74) is 0.929. The summed E-state index contributed by atoms with van der Waals surface area (Å²) in [6, 6.07) is 7.41. The third-order valence-corrected chi connectivity index (χ3v) is 5.47. The molecule has 1 amide bonds. The second-order valence-corrected chi connectivity index (χ2v) is 7.94. The molecule has 1 aromatic carbocycles. The fourth-order valence-corrected chi connectivity index (χ4v) is 3.84. The molecule has 1 aromatic heterocycles. The molecule has 0 saturated carbocycles. The monoisotopic (exact) mass is 491 g/mol. The van der Waals surface area contributed by atoms with E-state index in [0.717, 1.165) is 15.9 Å². The number of alkyl halides is 1. The molecule has 1 saturated heterocycles. The molecule has 1 aliphatic heterocycles. The van der Waals surface area contributed by atoms with Gasteiger partial charge in [-0.2, -0.15) is 4.98 Å². The zero-order valence-corrected chi connectivity index (χ0v) is 18.1. The van der Waals surface area contributed by atoms with Crippen molar-refractivity contribution in [1.82, 2.24) is 14.9 Å². The lowest BCUT2D eigenvalue weighted by Gasteiger charge is -2.35. The van der Waals surface area contributed by atoms with Crippen molar-refractivity contribution in [2.75, 3.05) is 42.3 Å². The molecule has 0 aliphatic carbocycles. The van der Waals surface area contributed by atoms with Crippen molar-refractivity contribution >= 4 is 68.4 Å². The van der Waals surface area contributed by atoms with Crippen LogP contribution in [-0.4, -0.2) is 52.8 Å². The normalized spacial score (nSPS) is 14.4. The van der Waals surface area contributed by atoms with Crippen molar-refractivity contribution in [3.8, 4) is 0 Å². The van der Waals surface area contributed by atoms with Gasteiger partial charge in [-0.15, -0.1) is 11.6 Å². The molecule has 0 bridgehead atoms. The number of anilines is 2. The summed E-state index contributed by atoms with van der Waals surface area (Å²) in [5.74, 6) is 1.10. The predicted molar refractivity (Wildman–Crippen MR) is 113 cm³/mol. The highest BCUT2D eigenvalue weighted by molar-refractivity contribution is 9.10. The number of benzene rings is 1. The van der Waals surface area contributed by atoms with E-state index >= 15 is 0 Å². The maximum atomic E-state index is 11.7. The summed E-state index contributed by atoms with van der Waals surface area (Å²) in [4.78, 5) is 24.3. The molecule has 6 nitrogen and oxygen atoms in total. The smallest absolute Gasteiger partial charge is 0.237 e. The molecule has 0 unspecified atom stereocenters. The van der Waals surface area contributed by atoms with Crippen molar-refractivity contribution < 1.29 is 4.79 Å². The van der Waals surface area contributed by atoms with Gasteiger partial charge in [0.15, 0.2) is 0 Å². The van der Waals surface area contributed by atoms with E-state index in [0.29, 0.717) is 48.8 Å². The average Bonchev–Trinajstić information content (AvgIpc) is 2.66. The summed E-state index contributed by atoms with van der Waals surface area (Å²) < 4.78 is 0.921. The molecule has 2 aromatic rings. The number of carbonyl (C=O) groups is 1. The molecule has 0 atom stereocenters. The van der Waals surface area contributed by atoms with E-state index in [9.17, 15) is 4.79 Å². The Labute approximate surface area is 180 Å². The number of nitrogens with zero attached hydrogens (tertiary/aromatic N) is 4. The van der Waals surface area contributed by atoms with Crippen LogP contribution >= 0.6 is 50.7 Å². The number of piperazine rings is 1. The van der Waals surface area contributed by atoms with Crippen LogP contribution < -0.4 is 10.2 Å². The number of nitrogens with one attached hydrogen (secondary N) is 1. The highest BCUT2D eigenvalue weighted by atomic mass is 79.9. The number of hydrogen-bond donors (Lipinski definition) is 1. The second kappa shape index (κ2) is 9.28. The van der Waals surface area contributed by atoms with Gasteiger partial charge in [0.2, 0.25) is 11.9 Å². The molecule has 2 heterocycles. The molecule has 0 spiro atoms. The molecule has 1 N–H and O–H groups in total. The Morgan fingerprint density at radius 2 is 1.89 bits per heavy atom. The lowest BCUT2D eigenvalue weighted by Crippen LogP contribution is -2.49. The minimum atomic E-state index is -0.0502. The third-order valence-electron chi connectivity index (χ3n) is 4.20. The average molecular weight is 494 g/mol. The van der Waals surface area contributed by atoms with Crippen LogP contribution in [0.1, 0.15) is 5.56 Å². The third kappa shape index (κ3) is 5.38. The van der Waals surface area contributed by atoms with E-state index in [2.05, 4.69) is 36.1 Å². The Morgan fingerprint density at radius 3 is 2.56 bits per heavy atom. The Morgan fingerprint density at radius 1 is 1.15 bits per heavy atom. The van der Waals surface area contributed by atoms with Gasteiger partial charge in [0.05, 0.1) is 0 Å². The second-order valence-electron chi connectivity index (χ2n) is 5.96. The first kappa shape index (κ1) is 20.5. The zero-order chi connectivity index (χ0) is 19.4. The summed E-state index contributed by atoms with van der Waals surface area (Å²) in [7, 11) is 0. The van der Waals surface area contributed by atoms with Gasteiger partial charge in [0.25, 0.3) is 0 Å². The van der Waals surface area contributed by atoms with E-state index in [1.54, 1.807) is 11.0 Å². The van der Waals surface area contributed by atoms with Gasteiger partial charge in [0, 0.05) is 48.3 Å². The summed E-state index contributed by atoms with van der Waals surface area (Å²) in [5, 5.41) is 4.17. The highest BCUT2D eigenvalue weighted by Crippen LogP contribution is 2.23. The van der Waals surface area contributed by atoms with Gasteiger partial charge in [0.1, 0.15) is 16.9 Å². The summed E-state index contributed by atoms with van der Waals surface area (Å²) in [6.45, 7) is 3.00. The first-order valence-electron chi connectivity index (χ1n) is 8.27. The Balaban J connectivity index is 1.67. The van der Waals surface area contributed by atoms with Crippen molar-refractivity contribution in [2.45, 2.75) is 6.54 Å². The molecule has 27 heavy (non-hydrogen) atoms. The fourth-order valence-electron chi connectivity index (χ4n) is 2.76. The van der Waals surface area contributed by atoms with Crippen LogP contribution in [0.15, 0.2) is 28.7 Å². The Kier molecular flexibility index (Phi) is 7.03. The number of hydrogen-bond acceptors (Lipinski definition) is 5. The van der Waals surface area contributed by atoms with Gasteiger partial charge in [-0.1, -0.05) is 45.2 Å². The molecule has 1 fully saturated rings. The molecule has 144 valence electrons. The number of rotatable bonds is 5. The van der Waals surface area contributed by atoms with E-state index in [4.69, 9.17) is 34.8 Å². The van der Waals surface area contributed by atoms with E-state index < -0.39 is 0 Å². The Hall–Kier alpha value is -1.28. The zero-order valence-electron chi connectivity index (χ0n) is 14.3. The van der Waals surface area contributed by atoms with Crippen LogP contribution in [0.25, 0.3) is 0 Å². The molecule has 3 rings (SSSR count). The van der Waals surface area contributed by atoms with Crippen molar-refractivity contribution in [3.05, 3.63) is 44.5 Å². The quantitative estimate of drug-likeness (QED) is 0.503. The van der Waals surface area contributed by atoms with Gasteiger partial charge in [-0.25, -0.2) is 4.98 Å². The van der Waals surface area contributed by atoms with Crippen molar-refractivity contribution in [1.29, 1.82) is 0 Å². The molecular formula is C17H17BrCl3N5O. The first-order chi connectivity index (χ1) is 13.0. The standard InChI is InChI=1S/C17H17BrCl3N5O/c18-12-2-1-11(13(20)7-12)10-22-17-23-14(21)8-15(24-17)25-3-5-26(6-4-25)16(27)9-19/h1-2,7-8H,3-6,9-10H2,(H,22,23,24). The highest BCUT2D eigenvalue weighted by Gasteiger charge is 2.22. The van der Waals surface area contributed by atoms with Crippen LogP contribution in [0.2, 0.25) is 10.2 Å². The van der Waals surface area contributed by atoms with Gasteiger partial charge in [-0.3, -0.25) is 4.79 Å². The van der Waals surface area contributed by atoms with Gasteiger partial charge < -0.3 is 15.1 Å². The van der Waals surface area contributed by atoms with Crippen LogP contribution in [-0.2, 0) is 11.3 Å². The van der Waals surface area contributed by atoms with Crippen molar-refractivity contribution in [3.63, 3.8) is 0 Å². The SMILES string of the molecule is O=C(CCl)N1CCN(c2cc(Cl)nc(NCc3ccc(Br)cc3Cl)n2)CC1. The number of carbonyl (C=O) groups excluding carboxylic acids is 1. The van der Waals surface area contributed by atoms with Crippen LogP contribution in [0.4, 0.5) is 11.8 Å². The summed E-state index contributed by atoms with van der Waals surface area (Å²) >= 11 is 21.4. The van der Waals surface area contributed by atoms with Gasteiger partial charge >= 0.3 is 0 Å². The number of halogens is 4. The summed E-state index contributed by atoms with van der Waals surface area (Å²) in [6.07, 6.45) is 0. The Bertz CT molecular complexity index is 830. The molecule has 10 heteroatoms. The first-order valence-corrected chi connectivity index (χ1v) is 10.4. The topological polar surface area (TPSA) is 61.4 Å². The van der Waals surface area contributed by atoms with Crippen LogP contribution in [0, 0.1) is 0 Å². The largest absolute Gasteiger partial charge is 0.353 e. The maximum Gasteiger partial charge on any atom is 0.237 e. The minimum absolute atomic E-state index is 0.00597. The maximum absolute atomic E-state index is 11.7. The number of aromatic nitrogens is 2. The fraction of sp³-hybridized carbons (Fsp3) is 0.353. The van der Waals surface area contributed by atoms with E-state index in [1.165, 1.54) is 0 Å². The van der Waals surface area contributed by atoms with Crippen LogP contribution in [0.3, 0.4) is 0 Å². The predicted octanol–water partition coefficient (Wildman–Crippen LogP) is 4.05. The lowest BCUT2D eigenvalue weighted by molar-refractivity contribution is -0.128. The van der Waals surface area contributed by atoms with Crippen LogP contribution in [0.5, 0.6) is 0 Å². The molecule has 1 aliphatic rings. The van der Waals surface area contributed by atoms with Gasteiger partial charge in [-0.05, 0) is 17.7 Å². The van der Waals surface area contributed by atoms with Crippen molar-refractivity contribution in [2.24, 2.45) is 0 Å². The minimum Gasteiger partial charge on any atom is -0.353 e. The lowest BCUT2D eigenvalue weighted by atomic mass is 10.2.